The Labute approximate surface area is 123 Å². The van der Waals surface area contributed by atoms with Gasteiger partial charge in [-0.1, -0.05) is 42.5 Å². The molecule has 0 fully saturated rings. The van der Waals surface area contributed by atoms with E-state index in [0.29, 0.717) is 0 Å². The van der Waals surface area contributed by atoms with Crippen LogP contribution in [0.4, 0.5) is 0 Å². The van der Waals surface area contributed by atoms with E-state index in [1.807, 2.05) is 60.7 Å². The van der Waals surface area contributed by atoms with Gasteiger partial charge in [-0.15, -0.1) is 0 Å². The second kappa shape index (κ2) is 7.60. The maximum atomic E-state index is 8.65. The van der Waals surface area contributed by atoms with E-state index in [1.54, 1.807) is 6.07 Å². The van der Waals surface area contributed by atoms with Gasteiger partial charge >= 0.3 is 0 Å². The zero-order valence-corrected chi connectivity index (χ0v) is 11.4. The lowest BCUT2D eigenvalue weighted by Gasteiger charge is -2.03. The monoisotopic (exact) mass is 280 g/mol. The van der Waals surface area contributed by atoms with Gasteiger partial charge in [0.25, 0.3) is 0 Å². The lowest BCUT2D eigenvalue weighted by Crippen LogP contribution is -1.81. The van der Waals surface area contributed by atoms with Crippen LogP contribution < -0.4 is 4.74 Å². The molecule has 0 aliphatic rings. The third kappa shape index (κ3) is 5.28. The fourth-order valence-electron chi connectivity index (χ4n) is 1.61. The van der Waals surface area contributed by atoms with E-state index in [4.69, 9.17) is 14.9 Å². The summed E-state index contributed by atoms with van der Waals surface area (Å²) in [5.74, 6) is 1.91. The Morgan fingerprint density at radius 1 is 0.524 bits per heavy atom. The third-order valence-corrected chi connectivity index (χ3v) is 2.55. The molecule has 0 bridgehead atoms. The molecular weight excluding hydrogens is 264 g/mol. The number of para-hydroxylation sites is 2. The molecule has 0 radical (unpaired) electrons. The second-order valence-corrected chi connectivity index (χ2v) is 4.25. The fourth-order valence-corrected chi connectivity index (χ4v) is 1.61. The molecule has 21 heavy (non-hydrogen) atoms. The fraction of sp³-hybridized carbons (Fsp3) is 0. The van der Waals surface area contributed by atoms with E-state index in [2.05, 4.69) is 0 Å². The minimum absolute atomic E-state index is 0.0880. The molecule has 0 amide bonds. The zero-order chi connectivity index (χ0) is 14.9. The molecule has 3 aromatic carbocycles. The van der Waals surface area contributed by atoms with Crippen LogP contribution in [-0.2, 0) is 0 Å². The number of ether oxygens (including phenoxy) is 1. The number of rotatable bonds is 2. The Kier molecular flexibility index (Phi) is 5.24. The van der Waals surface area contributed by atoms with Crippen molar-refractivity contribution in [3.8, 4) is 23.0 Å². The highest BCUT2D eigenvalue weighted by Crippen LogP contribution is 2.19. The van der Waals surface area contributed by atoms with Gasteiger partial charge in [-0.2, -0.15) is 0 Å². The summed E-state index contributed by atoms with van der Waals surface area (Å²) in [5, 5.41) is 17.3. The predicted octanol–water partition coefficient (Wildman–Crippen LogP) is 4.58. The van der Waals surface area contributed by atoms with Crippen LogP contribution in [0.25, 0.3) is 0 Å². The van der Waals surface area contributed by atoms with Crippen molar-refractivity contribution >= 4 is 0 Å². The molecular formula is C18H16O3. The molecule has 3 rings (SSSR count). The van der Waals surface area contributed by atoms with Gasteiger partial charge in [0, 0.05) is 6.07 Å². The summed E-state index contributed by atoms with van der Waals surface area (Å²) in [6.45, 7) is 0. The topological polar surface area (TPSA) is 49.7 Å². The zero-order valence-electron chi connectivity index (χ0n) is 11.4. The smallest absolute Gasteiger partial charge is 0.127 e. The number of aromatic hydroxyl groups is 2. The van der Waals surface area contributed by atoms with Gasteiger partial charge in [0.2, 0.25) is 0 Å². The lowest BCUT2D eigenvalue weighted by atomic mass is 10.3. The summed E-state index contributed by atoms with van der Waals surface area (Å²) in [5.41, 5.74) is 0. The summed E-state index contributed by atoms with van der Waals surface area (Å²) in [4.78, 5) is 0. The number of phenolic OH excluding ortho intramolecular Hbond substituents is 2. The maximum absolute atomic E-state index is 8.65. The lowest BCUT2D eigenvalue weighted by molar-refractivity contribution is 0.450. The summed E-state index contributed by atoms with van der Waals surface area (Å²) in [7, 11) is 0. The Hall–Kier alpha value is -2.94. The van der Waals surface area contributed by atoms with Crippen molar-refractivity contribution in [3.05, 3.63) is 84.9 Å². The van der Waals surface area contributed by atoms with Crippen molar-refractivity contribution in [3.63, 3.8) is 0 Å². The Bertz CT molecular complexity index is 597. The molecule has 106 valence electrons. The molecule has 0 unspecified atom stereocenters. The Balaban J connectivity index is 0.000000173. The highest BCUT2D eigenvalue weighted by atomic mass is 16.5. The highest BCUT2D eigenvalue weighted by Gasteiger charge is 1.92. The molecule has 0 saturated heterocycles. The minimum atomic E-state index is 0.0880. The van der Waals surface area contributed by atoms with E-state index in [1.165, 1.54) is 18.2 Å². The number of phenols is 2. The van der Waals surface area contributed by atoms with E-state index >= 15 is 0 Å². The molecule has 0 saturated carbocycles. The molecule has 0 atom stereocenters. The quantitative estimate of drug-likeness (QED) is 0.722. The van der Waals surface area contributed by atoms with Crippen molar-refractivity contribution in [1.29, 1.82) is 0 Å². The third-order valence-electron chi connectivity index (χ3n) is 2.55. The second-order valence-electron chi connectivity index (χ2n) is 4.25. The molecule has 0 aliphatic carbocycles. The van der Waals surface area contributed by atoms with Gasteiger partial charge in [-0.05, 0) is 36.4 Å². The van der Waals surface area contributed by atoms with Gasteiger partial charge in [0.15, 0.2) is 0 Å². The summed E-state index contributed by atoms with van der Waals surface area (Å²) in [6, 6.07) is 25.4. The molecule has 0 heterocycles. The summed E-state index contributed by atoms with van der Waals surface area (Å²) < 4.78 is 5.58. The van der Waals surface area contributed by atoms with Crippen molar-refractivity contribution < 1.29 is 14.9 Å². The SMILES string of the molecule is Oc1cccc(O)c1.c1ccc(Oc2ccccc2)cc1. The van der Waals surface area contributed by atoms with Crippen molar-refractivity contribution in [2.24, 2.45) is 0 Å². The van der Waals surface area contributed by atoms with Crippen LogP contribution in [0, 0.1) is 0 Å². The number of benzene rings is 3. The summed E-state index contributed by atoms with van der Waals surface area (Å²) in [6.07, 6.45) is 0. The van der Waals surface area contributed by atoms with Crippen molar-refractivity contribution in [2.75, 3.05) is 0 Å². The molecule has 0 spiro atoms. The van der Waals surface area contributed by atoms with Crippen LogP contribution in [0.3, 0.4) is 0 Å². The summed E-state index contributed by atoms with van der Waals surface area (Å²) >= 11 is 0. The first-order chi connectivity index (χ1) is 10.2. The Morgan fingerprint density at radius 2 is 0.952 bits per heavy atom. The highest BCUT2D eigenvalue weighted by molar-refractivity contribution is 5.31. The van der Waals surface area contributed by atoms with Crippen LogP contribution in [0.15, 0.2) is 84.9 Å². The molecule has 2 N–H and O–H groups in total. The molecule has 3 heteroatoms. The van der Waals surface area contributed by atoms with Gasteiger partial charge in [0.1, 0.15) is 23.0 Å². The maximum Gasteiger partial charge on any atom is 0.127 e. The molecule has 3 nitrogen and oxygen atoms in total. The first-order valence-corrected chi connectivity index (χ1v) is 6.50. The van der Waals surface area contributed by atoms with Crippen LogP contribution in [0.2, 0.25) is 0 Å². The number of hydrogen-bond acceptors (Lipinski definition) is 3. The Morgan fingerprint density at radius 3 is 1.29 bits per heavy atom. The standard InChI is InChI=1S/C12H10O.C6H6O2/c1-3-7-11(8-4-1)13-12-9-5-2-6-10-12;7-5-2-1-3-6(8)4-5/h1-10H;1-4,7-8H. The first-order valence-electron chi connectivity index (χ1n) is 6.50. The largest absolute Gasteiger partial charge is 0.508 e. The van der Waals surface area contributed by atoms with Gasteiger partial charge in [0.05, 0.1) is 0 Å². The minimum Gasteiger partial charge on any atom is -0.508 e. The van der Waals surface area contributed by atoms with E-state index in [9.17, 15) is 0 Å². The van der Waals surface area contributed by atoms with Crippen LogP contribution in [-0.4, -0.2) is 10.2 Å². The first kappa shape index (κ1) is 14.5. The average Bonchev–Trinajstić information content (AvgIpc) is 2.50. The average molecular weight is 280 g/mol. The van der Waals surface area contributed by atoms with Crippen LogP contribution >= 0.6 is 0 Å². The van der Waals surface area contributed by atoms with E-state index in [-0.39, 0.29) is 11.5 Å². The predicted molar refractivity (Wildman–Crippen MR) is 82.7 cm³/mol. The van der Waals surface area contributed by atoms with Crippen molar-refractivity contribution in [2.45, 2.75) is 0 Å². The van der Waals surface area contributed by atoms with Gasteiger partial charge in [-0.3, -0.25) is 0 Å². The van der Waals surface area contributed by atoms with Gasteiger partial charge < -0.3 is 14.9 Å². The van der Waals surface area contributed by atoms with Crippen LogP contribution in [0.1, 0.15) is 0 Å². The van der Waals surface area contributed by atoms with E-state index < -0.39 is 0 Å². The van der Waals surface area contributed by atoms with E-state index in [0.717, 1.165) is 11.5 Å². The normalized spacial score (nSPS) is 9.33. The molecule has 3 aromatic rings. The van der Waals surface area contributed by atoms with Crippen LogP contribution in [0.5, 0.6) is 23.0 Å². The van der Waals surface area contributed by atoms with Gasteiger partial charge in [-0.25, -0.2) is 0 Å². The molecule has 0 aliphatic heterocycles. The molecule has 0 aromatic heterocycles. The number of hydrogen-bond donors (Lipinski definition) is 2. The van der Waals surface area contributed by atoms with Crippen molar-refractivity contribution in [1.82, 2.24) is 0 Å².